The van der Waals surface area contributed by atoms with Gasteiger partial charge in [0.15, 0.2) is 6.61 Å². The van der Waals surface area contributed by atoms with Crippen LogP contribution in [0, 0.1) is 11.3 Å². The fourth-order valence-corrected chi connectivity index (χ4v) is 2.56. The molecule has 8 heteroatoms. The van der Waals surface area contributed by atoms with Gasteiger partial charge in [0, 0.05) is 5.02 Å². The summed E-state index contributed by atoms with van der Waals surface area (Å²) in [6.07, 6.45) is 2.28. The molecule has 0 bridgehead atoms. The lowest BCUT2D eigenvalue weighted by atomic mass is 10.1. The third-order valence-electron chi connectivity index (χ3n) is 2.66. The second-order valence-electron chi connectivity index (χ2n) is 4.20. The number of thioether (sulfide) groups is 1. The van der Waals surface area contributed by atoms with E-state index in [9.17, 15) is 9.59 Å². The predicted molar refractivity (Wildman–Crippen MR) is 87.3 cm³/mol. The van der Waals surface area contributed by atoms with Crippen LogP contribution in [0.15, 0.2) is 18.2 Å². The molecular weight excluding hydrogens is 347 g/mol. The minimum atomic E-state index is -0.833. The number of nitrogens with zero attached hydrogens (tertiary/aromatic N) is 1. The number of nitriles is 1. The second-order valence-corrected chi connectivity index (χ2v) is 6.03. The van der Waals surface area contributed by atoms with Crippen molar-refractivity contribution >= 4 is 46.8 Å². The van der Waals surface area contributed by atoms with Crippen molar-refractivity contribution in [3.63, 3.8) is 0 Å². The summed E-state index contributed by atoms with van der Waals surface area (Å²) in [7, 11) is 0. The van der Waals surface area contributed by atoms with Crippen LogP contribution in [0.2, 0.25) is 10.0 Å². The first kappa shape index (κ1) is 18.6. The molecule has 5 nitrogen and oxygen atoms in total. The number of nitrogens with one attached hydrogen (secondary N) is 1. The fourth-order valence-electron chi connectivity index (χ4n) is 1.60. The molecule has 1 N–H and O–H groups in total. The van der Waals surface area contributed by atoms with Crippen LogP contribution in [0.25, 0.3) is 0 Å². The molecule has 0 aliphatic carbocycles. The minimum Gasteiger partial charge on any atom is -0.449 e. The topological polar surface area (TPSA) is 79.2 Å². The third-order valence-corrected chi connectivity index (χ3v) is 3.85. The van der Waals surface area contributed by atoms with Gasteiger partial charge >= 0.3 is 5.97 Å². The van der Waals surface area contributed by atoms with Crippen molar-refractivity contribution in [3.05, 3.63) is 33.8 Å². The molecule has 0 fully saturated rings. The van der Waals surface area contributed by atoms with Crippen LogP contribution in [0.5, 0.6) is 0 Å². The first-order valence-corrected chi connectivity index (χ1v) is 8.43. The zero-order valence-corrected chi connectivity index (χ0v) is 14.1. The van der Waals surface area contributed by atoms with Gasteiger partial charge in [-0.3, -0.25) is 4.79 Å². The van der Waals surface area contributed by atoms with E-state index in [2.05, 4.69) is 5.32 Å². The lowest BCUT2D eigenvalue weighted by Gasteiger charge is -2.17. The lowest BCUT2D eigenvalue weighted by molar-refractivity contribution is -0.144. The van der Waals surface area contributed by atoms with Crippen LogP contribution in [0.3, 0.4) is 0 Å². The summed E-state index contributed by atoms with van der Waals surface area (Å²) in [6.45, 7) is -0.355. The number of benzene rings is 1. The molecular formula is C14H14Cl2N2O3S. The summed E-state index contributed by atoms with van der Waals surface area (Å²) in [5.41, 5.74) is 0.216. The van der Waals surface area contributed by atoms with E-state index >= 15 is 0 Å². The van der Waals surface area contributed by atoms with Gasteiger partial charge in [0.2, 0.25) is 0 Å². The van der Waals surface area contributed by atoms with Gasteiger partial charge in [-0.15, -0.1) is 0 Å². The van der Waals surface area contributed by atoms with E-state index in [0.29, 0.717) is 17.2 Å². The van der Waals surface area contributed by atoms with Crippen LogP contribution in [0.1, 0.15) is 16.8 Å². The zero-order valence-electron chi connectivity index (χ0n) is 11.8. The van der Waals surface area contributed by atoms with Crippen LogP contribution >= 0.6 is 35.0 Å². The summed E-state index contributed by atoms with van der Waals surface area (Å²) >= 11 is 13.3. The predicted octanol–water partition coefficient (Wildman–Crippen LogP) is 2.91. The number of rotatable bonds is 7. The first-order chi connectivity index (χ1) is 10.5. The van der Waals surface area contributed by atoms with Gasteiger partial charge < -0.3 is 10.1 Å². The maximum Gasteiger partial charge on any atom is 0.329 e. The van der Waals surface area contributed by atoms with Gasteiger partial charge in [-0.25, -0.2) is 4.79 Å². The molecule has 1 aromatic rings. The first-order valence-electron chi connectivity index (χ1n) is 6.28. The highest BCUT2D eigenvalue weighted by atomic mass is 35.5. The van der Waals surface area contributed by atoms with E-state index in [-0.39, 0.29) is 17.2 Å². The van der Waals surface area contributed by atoms with Gasteiger partial charge in [0.05, 0.1) is 10.6 Å². The number of esters is 1. The molecule has 1 rings (SSSR count). The van der Waals surface area contributed by atoms with Crippen molar-refractivity contribution in [1.29, 1.82) is 5.26 Å². The van der Waals surface area contributed by atoms with E-state index in [1.54, 1.807) is 6.07 Å². The zero-order chi connectivity index (χ0) is 16.5. The van der Waals surface area contributed by atoms with Crippen molar-refractivity contribution in [2.45, 2.75) is 12.5 Å². The number of amides is 1. The number of halogens is 2. The molecule has 1 atom stereocenters. The van der Waals surface area contributed by atoms with E-state index < -0.39 is 17.9 Å². The van der Waals surface area contributed by atoms with E-state index in [1.165, 1.54) is 30.0 Å². The van der Waals surface area contributed by atoms with Crippen LogP contribution in [-0.2, 0) is 9.53 Å². The van der Waals surface area contributed by atoms with Crippen molar-refractivity contribution in [2.24, 2.45) is 0 Å². The molecule has 0 spiro atoms. The van der Waals surface area contributed by atoms with Crippen molar-refractivity contribution in [1.82, 2.24) is 5.32 Å². The normalized spacial score (nSPS) is 11.4. The molecule has 0 aromatic heterocycles. The number of ether oxygens (including phenoxy) is 1. The standard InChI is InChI=1S/C14H14Cl2N2O3S/c1-22-7-4-12(14(20)21-6-5-17)18-13(19)10-3-2-9(15)8-11(10)16/h2-3,8,12H,4,6-7H2,1H3,(H,18,19)/t12-/m1/s1. The molecule has 0 aliphatic heterocycles. The minimum absolute atomic E-state index is 0.194. The highest BCUT2D eigenvalue weighted by Gasteiger charge is 2.23. The molecule has 118 valence electrons. The number of hydrogen-bond acceptors (Lipinski definition) is 5. The van der Waals surface area contributed by atoms with Crippen LogP contribution in [0.4, 0.5) is 0 Å². The highest BCUT2D eigenvalue weighted by molar-refractivity contribution is 7.98. The van der Waals surface area contributed by atoms with Crippen molar-refractivity contribution in [3.8, 4) is 6.07 Å². The Kier molecular flexibility index (Phi) is 8.10. The fraction of sp³-hybridized carbons (Fsp3) is 0.357. The van der Waals surface area contributed by atoms with Crippen LogP contribution in [-0.4, -0.2) is 36.5 Å². The summed E-state index contributed by atoms with van der Waals surface area (Å²) < 4.78 is 4.76. The molecule has 0 unspecified atom stereocenters. The van der Waals surface area contributed by atoms with Crippen LogP contribution < -0.4 is 5.32 Å². The monoisotopic (exact) mass is 360 g/mol. The molecule has 1 aromatic carbocycles. The van der Waals surface area contributed by atoms with Crippen molar-refractivity contribution < 1.29 is 14.3 Å². The largest absolute Gasteiger partial charge is 0.449 e. The Morgan fingerprint density at radius 2 is 2.18 bits per heavy atom. The molecule has 0 radical (unpaired) electrons. The molecule has 0 aliphatic rings. The smallest absolute Gasteiger partial charge is 0.329 e. The third kappa shape index (κ3) is 5.76. The Hall–Kier alpha value is -1.42. The Morgan fingerprint density at radius 1 is 1.45 bits per heavy atom. The van der Waals surface area contributed by atoms with E-state index in [1.807, 2.05) is 6.26 Å². The average molecular weight is 361 g/mol. The Morgan fingerprint density at radius 3 is 2.77 bits per heavy atom. The van der Waals surface area contributed by atoms with Gasteiger partial charge in [0.1, 0.15) is 12.1 Å². The second kappa shape index (κ2) is 9.57. The molecule has 22 heavy (non-hydrogen) atoms. The Labute approximate surface area is 142 Å². The van der Waals surface area contributed by atoms with Gasteiger partial charge in [-0.1, -0.05) is 23.2 Å². The Bertz CT molecular complexity index is 590. The molecule has 0 saturated heterocycles. The molecule has 1 amide bonds. The molecule has 0 heterocycles. The van der Waals surface area contributed by atoms with Gasteiger partial charge in [0.25, 0.3) is 5.91 Å². The number of carbonyl (C=O) groups excluding carboxylic acids is 2. The maximum atomic E-state index is 12.2. The summed E-state index contributed by atoms with van der Waals surface area (Å²) in [5, 5.41) is 11.6. The number of hydrogen-bond donors (Lipinski definition) is 1. The summed E-state index contributed by atoms with van der Waals surface area (Å²) in [4.78, 5) is 24.1. The van der Waals surface area contributed by atoms with Crippen molar-refractivity contribution in [2.75, 3.05) is 18.6 Å². The summed E-state index contributed by atoms with van der Waals surface area (Å²) in [5.74, 6) is -0.489. The van der Waals surface area contributed by atoms with E-state index in [4.69, 9.17) is 33.2 Å². The van der Waals surface area contributed by atoms with E-state index in [0.717, 1.165) is 0 Å². The van der Waals surface area contributed by atoms with Gasteiger partial charge in [-0.05, 0) is 36.6 Å². The quantitative estimate of drug-likeness (QED) is 0.756. The maximum absolute atomic E-state index is 12.2. The van der Waals surface area contributed by atoms with Gasteiger partial charge in [-0.2, -0.15) is 17.0 Å². The highest BCUT2D eigenvalue weighted by Crippen LogP contribution is 2.21. The Balaban J connectivity index is 2.81. The lowest BCUT2D eigenvalue weighted by Crippen LogP contribution is -2.42. The number of carbonyl (C=O) groups is 2. The average Bonchev–Trinajstić information content (AvgIpc) is 2.48. The molecule has 0 saturated carbocycles. The SMILES string of the molecule is CSCC[C@@H](NC(=O)c1ccc(Cl)cc1Cl)C(=O)OCC#N. The summed E-state index contributed by atoms with van der Waals surface area (Å²) in [6, 6.07) is 5.34.